The van der Waals surface area contributed by atoms with Gasteiger partial charge in [0.1, 0.15) is 10.6 Å². The molecule has 4 aromatic rings. The molecule has 0 atom stereocenters. The highest BCUT2D eigenvalue weighted by Gasteiger charge is 2.36. The number of fused-ring (bicyclic) bond motifs is 1. The maximum Gasteiger partial charge on any atom is 0.270 e. The van der Waals surface area contributed by atoms with E-state index in [1.54, 1.807) is 35.6 Å². The number of hydrogen-bond donors (Lipinski definition) is 2. The summed E-state index contributed by atoms with van der Waals surface area (Å²) in [6.45, 7) is 5.87. The van der Waals surface area contributed by atoms with E-state index in [2.05, 4.69) is 10.6 Å². The van der Waals surface area contributed by atoms with Crippen LogP contribution in [0.5, 0.6) is 0 Å². The first-order valence-corrected chi connectivity index (χ1v) is 16.1. The van der Waals surface area contributed by atoms with Crippen LogP contribution in [0.15, 0.2) is 54.1 Å². The smallest absolute Gasteiger partial charge is 0.270 e. The van der Waals surface area contributed by atoms with Crippen molar-refractivity contribution in [2.24, 2.45) is 0 Å². The third kappa shape index (κ3) is 5.38. The Kier molecular flexibility index (Phi) is 8.24. The fraction of sp³-hybridized carbons (Fsp3) is 0.212. The second kappa shape index (κ2) is 12.0. The molecule has 11 heteroatoms. The standard InChI is InChI=1S/C33H28Cl2N4O3S2/c1-17-11-13-21(14-12-17)36-30(41)27-22-7-4-5-10-26(22)44-32(27)38-18(2)15-20(19(38)3)16-23-29(40)37-33(43)39(31(23)42)25-9-6-8-24(34)28(25)35/h6,8-9,11-16H,4-5,7,10H2,1-3H3,(H,36,41)(H,37,40,43)/b23-16+. The molecular weight excluding hydrogens is 635 g/mol. The molecule has 0 unspecified atom stereocenters. The molecule has 224 valence electrons. The lowest BCUT2D eigenvalue weighted by atomic mass is 9.95. The zero-order valence-corrected chi connectivity index (χ0v) is 27.4. The van der Waals surface area contributed by atoms with Gasteiger partial charge in [0.15, 0.2) is 5.11 Å². The number of nitrogens with zero attached hydrogens (tertiary/aromatic N) is 2. The minimum atomic E-state index is -0.613. The van der Waals surface area contributed by atoms with Crippen molar-refractivity contribution >= 4 is 87.0 Å². The van der Waals surface area contributed by atoms with Crippen LogP contribution in [-0.4, -0.2) is 27.4 Å². The van der Waals surface area contributed by atoms with Crippen molar-refractivity contribution in [1.29, 1.82) is 0 Å². The molecule has 2 N–H and O–H groups in total. The topological polar surface area (TPSA) is 83.4 Å². The van der Waals surface area contributed by atoms with E-state index in [0.29, 0.717) is 11.1 Å². The SMILES string of the molecule is Cc1ccc(NC(=O)c2c(-n3c(C)cc(/C=C4\C(=O)NC(=S)N(c5cccc(Cl)c5Cl)C4=O)c3C)sc3c2CCCC3)cc1. The Balaban J connectivity index is 1.42. The van der Waals surface area contributed by atoms with Crippen LogP contribution in [0.25, 0.3) is 11.1 Å². The summed E-state index contributed by atoms with van der Waals surface area (Å²) in [6.07, 6.45) is 5.44. The summed E-state index contributed by atoms with van der Waals surface area (Å²) in [5.41, 5.74) is 6.12. The van der Waals surface area contributed by atoms with E-state index in [4.69, 9.17) is 35.4 Å². The number of aromatic nitrogens is 1. The maximum absolute atomic E-state index is 13.8. The van der Waals surface area contributed by atoms with E-state index < -0.39 is 11.8 Å². The number of thiophene rings is 1. The van der Waals surface area contributed by atoms with Crippen LogP contribution in [0.4, 0.5) is 11.4 Å². The lowest BCUT2D eigenvalue weighted by Crippen LogP contribution is -2.54. The number of thiocarbonyl (C=S) groups is 1. The highest BCUT2D eigenvalue weighted by Crippen LogP contribution is 2.40. The van der Waals surface area contributed by atoms with Crippen LogP contribution in [0, 0.1) is 20.8 Å². The molecule has 6 rings (SSSR count). The Morgan fingerprint density at radius 2 is 1.77 bits per heavy atom. The second-order valence-corrected chi connectivity index (χ2v) is 13.2. The Morgan fingerprint density at radius 3 is 2.52 bits per heavy atom. The molecule has 0 bridgehead atoms. The molecule has 3 heterocycles. The minimum absolute atomic E-state index is 0.0832. The minimum Gasteiger partial charge on any atom is -0.322 e. The van der Waals surface area contributed by atoms with Gasteiger partial charge in [-0.25, -0.2) is 0 Å². The fourth-order valence-electron chi connectivity index (χ4n) is 5.72. The summed E-state index contributed by atoms with van der Waals surface area (Å²) in [6, 6.07) is 14.5. The predicted octanol–water partition coefficient (Wildman–Crippen LogP) is 7.73. The van der Waals surface area contributed by atoms with Crippen LogP contribution in [0.2, 0.25) is 10.0 Å². The summed E-state index contributed by atoms with van der Waals surface area (Å²) < 4.78 is 2.04. The lowest BCUT2D eigenvalue weighted by molar-refractivity contribution is -0.122. The largest absolute Gasteiger partial charge is 0.322 e. The fourth-order valence-corrected chi connectivity index (χ4v) is 7.87. The van der Waals surface area contributed by atoms with Crippen molar-refractivity contribution in [2.75, 3.05) is 10.2 Å². The average molecular weight is 664 g/mol. The Bertz CT molecular complexity index is 1910. The number of rotatable bonds is 5. The quantitative estimate of drug-likeness (QED) is 0.130. The first-order valence-electron chi connectivity index (χ1n) is 14.1. The maximum atomic E-state index is 13.8. The molecule has 2 aromatic heterocycles. The average Bonchev–Trinajstić information content (AvgIpc) is 3.50. The van der Waals surface area contributed by atoms with Gasteiger partial charge in [-0.1, -0.05) is 47.0 Å². The van der Waals surface area contributed by atoms with Crippen molar-refractivity contribution in [2.45, 2.75) is 46.5 Å². The molecule has 1 aliphatic carbocycles. The summed E-state index contributed by atoms with van der Waals surface area (Å²) in [5, 5.41) is 6.85. The van der Waals surface area contributed by atoms with Crippen molar-refractivity contribution in [1.82, 2.24) is 9.88 Å². The number of anilines is 2. The molecule has 0 spiro atoms. The summed E-state index contributed by atoms with van der Waals surface area (Å²) in [7, 11) is 0. The Hall–Kier alpha value is -3.76. The van der Waals surface area contributed by atoms with Gasteiger partial charge in [-0.3, -0.25) is 24.6 Å². The van der Waals surface area contributed by atoms with Crippen LogP contribution >= 0.6 is 46.8 Å². The van der Waals surface area contributed by atoms with Gasteiger partial charge < -0.3 is 9.88 Å². The highest BCUT2D eigenvalue weighted by atomic mass is 35.5. The number of carbonyl (C=O) groups is 3. The summed E-state index contributed by atoms with van der Waals surface area (Å²) in [5.74, 6) is -1.37. The van der Waals surface area contributed by atoms with Crippen LogP contribution in [0.3, 0.4) is 0 Å². The van der Waals surface area contributed by atoms with E-state index in [1.165, 1.54) is 9.78 Å². The molecule has 1 saturated heterocycles. The van der Waals surface area contributed by atoms with Gasteiger partial charge in [0.25, 0.3) is 17.7 Å². The predicted molar refractivity (Wildman–Crippen MR) is 182 cm³/mol. The van der Waals surface area contributed by atoms with E-state index in [-0.39, 0.29) is 32.3 Å². The van der Waals surface area contributed by atoms with E-state index >= 15 is 0 Å². The first-order chi connectivity index (χ1) is 21.0. The molecule has 2 aromatic carbocycles. The monoisotopic (exact) mass is 662 g/mol. The molecule has 0 saturated carbocycles. The molecule has 44 heavy (non-hydrogen) atoms. The summed E-state index contributed by atoms with van der Waals surface area (Å²) >= 11 is 19.6. The van der Waals surface area contributed by atoms with E-state index in [9.17, 15) is 14.4 Å². The molecule has 1 aliphatic heterocycles. The Labute approximate surface area is 274 Å². The van der Waals surface area contributed by atoms with Crippen LogP contribution in [0.1, 0.15) is 56.2 Å². The van der Waals surface area contributed by atoms with Gasteiger partial charge in [-0.15, -0.1) is 11.3 Å². The van der Waals surface area contributed by atoms with Gasteiger partial charge in [0, 0.05) is 22.0 Å². The number of halogens is 2. The molecule has 1 fully saturated rings. The highest BCUT2D eigenvalue weighted by molar-refractivity contribution is 7.80. The van der Waals surface area contributed by atoms with E-state index in [1.807, 2.05) is 55.7 Å². The van der Waals surface area contributed by atoms with Gasteiger partial charge in [0.05, 0.1) is 21.3 Å². The van der Waals surface area contributed by atoms with Crippen molar-refractivity contribution in [3.05, 3.63) is 103 Å². The third-order valence-electron chi connectivity index (χ3n) is 7.94. The number of carbonyl (C=O) groups excluding carboxylic acids is 3. The summed E-state index contributed by atoms with van der Waals surface area (Å²) in [4.78, 5) is 43.0. The zero-order valence-electron chi connectivity index (χ0n) is 24.2. The van der Waals surface area contributed by atoms with Gasteiger partial charge >= 0.3 is 0 Å². The molecular formula is C33H28Cl2N4O3S2. The van der Waals surface area contributed by atoms with Crippen molar-refractivity contribution in [3.63, 3.8) is 0 Å². The number of aryl methyl sites for hydroxylation is 3. The van der Waals surface area contributed by atoms with Crippen LogP contribution in [-0.2, 0) is 22.4 Å². The number of amides is 3. The first kappa shape index (κ1) is 30.3. The molecule has 7 nitrogen and oxygen atoms in total. The Morgan fingerprint density at radius 1 is 1.05 bits per heavy atom. The van der Waals surface area contributed by atoms with Crippen LogP contribution < -0.4 is 15.5 Å². The van der Waals surface area contributed by atoms with Gasteiger partial charge in [-0.2, -0.15) is 0 Å². The molecule has 3 amide bonds. The normalized spacial score (nSPS) is 15.9. The molecule has 0 radical (unpaired) electrons. The lowest BCUT2D eigenvalue weighted by Gasteiger charge is -2.29. The van der Waals surface area contributed by atoms with Gasteiger partial charge in [0.2, 0.25) is 0 Å². The van der Waals surface area contributed by atoms with Gasteiger partial charge in [-0.05, 0) is 106 Å². The molecule has 2 aliphatic rings. The number of benzene rings is 2. The zero-order chi connectivity index (χ0) is 31.3. The van der Waals surface area contributed by atoms with Crippen molar-refractivity contribution < 1.29 is 14.4 Å². The van der Waals surface area contributed by atoms with Crippen molar-refractivity contribution in [3.8, 4) is 5.00 Å². The van der Waals surface area contributed by atoms with E-state index in [0.717, 1.165) is 58.9 Å². The second-order valence-electron chi connectivity index (χ2n) is 10.9. The third-order valence-corrected chi connectivity index (χ3v) is 10.3. The number of hydrogen-bond acceptors (Lipinski definition) is 5. The number of nitrogens with one attached hydrogen (secondary N) is 2.